The number of aryl methyl sites for hydroxylation is 1. The Balaban J connectivity index is 2.02. The summed E-state index contributed by atoms with van der Waals surface area (Å²) in [5.74, 6) is -0.489. The highest BCUT2D eigenvalue weighted by Gasteiger charge is 2.20. The first kappa shape index (κ1) is 15.2. The van der Waals surface area contributed by atoms with Crippen LogP contribution >= 0.6 is 11.6 Å². The predicted molar refractivity (Wildman–Crippen MR) is 99.0 cm³/mol. The second-order valence-electron chi connectivity index (χ2n) is 6.12. The summed E-state index contributed by atoms with van der Waals surface area (Å²) < 4.78 is 21.4. The summed E-state index contributed by atoms with van der Waals surface area (Å²) in [6, 6.07) is 9.15. The molecule has 1 N–H and O–H groups in total. The summed E-state index contributed by atoms with van der Waals surface area (Å²) in [5.41, 5.74) is 3.65. The van der Waals surface area contributed by atoms with Crippen LogP contribution in [0.3, 0.4) is 0 Å². The van der Waals surface area contributed by atoms with Gasteiger partial charge in [0.15, 0.2) is 16.7 Å². The molecule has 5 nitrogen and oxygen atoms in total. The van der Waals surface area contributed by atoms with Crippen LogP contribution in [0.15, 0.2) is 51.8 Å². The standard InChI is InChI=1S/C19H11ClFN3O2/c1-24-19-12(8-22-24)16(9-2-5-14(21)13(20)6-9)18-17(23-19)11-4-3-10(25)7-15(11)26-18/h2-8,22H,1H3. The minimum atomic E-state index is -0.489. The van der Waals surface area contributed by atoms with E-state index in [0.717, 1.165) is 16.3 Å². The molecule has 0 aliphatic heterocycles. The van der Waals surface area contributed by atoms with Crippen LogP contribution < -0.4 is 5.43 Å². The SMILES string of the molecule is Cn1[nH]cc2c(-c3ccc(F)c(Cl)c3)c3oc4cc(=O)ccc4c3nc21. The summed E-state index contributed by atoms with van der Waals surface area (Å²) in [6.07, 6.45) is 1.81. The fourth-order valence-electron chi connectivity index (χ4n) is 3.30. The molecule has 0 unspecified atom stereocenters. The third-order valence-corrected chi connectivity index (χ3v) is 4.81. The zero-order valence-corrected chi connectivity index (χ0v) is 14.3. The van der Waals surface area contributed by atoms with Crippen LogP contribution in [0.2, 0.25) is 5.02 Å². The smallest absolute Gasteiger partial charge is 0.182 e. The maximum Gasteiger partial charge on any atom is 0.182 e. The Labute approximate surface area is 150 Å². The number of aromatic nitrogens is 3. The zero-order valence-electron chi connectivity index (χ0n) is 13.5. The first-order chi connectivity index (χ1) is 12.5. The van der Waals surface area contributed by atoms with Crippen LogP contribution in [-0.2, 0) is 7.05 Å². The van der Waals surface area contributed by atoms with Crippen LogP contribution in [0, 0.1) is 5.82 Å². The number of aromatic amines is 1. The van der Waals surface area contributed by atoms with E-state index in [1.165, 1.54) is 18.2 Å². The normalized spacial score (nSPS) is 11.8. The molecule has 0 bridgehead atoms. The van der Waals surface area contributed by atoms with E-state index in [1.807, 2.05) is 7.05 Å². The molecule has 0 aliphatic carbocycles. The molecule has 0 aliphatic rings. The highest BCUT2D eigenvalue weighted by Crippen LogP contribution is 2.39. The number of benzene rings is 2. The number of hydrogen-bond acceptors (Lipinski definition) is 3. The van der Waals surface area contributed by atoms with E-state index in [9.17, 15) is 9.18 Å². The molecule has 0 amide bonds. The van der Waals surface area contributed by atoms with Gasteiger partial charge in [-0.15, -0.1) is 0 Å². The molecule has 128 valence electrons. The number of nitrogens with zero attached hydrogens (tertiary/aromatic N) is 2. The van der Waals surface area contributed by atoms with Gasteiger partial charge in [-0.2, -0.15) is 0 Å². The lowest BCUT2D eigenvalue weighted by atomic mass is 10.0. The molecule has 3 aromatic heterocycles. The van der Waals surface area contributed by atoms with Crippen LogP contribution in [0.4, 0.5) is 4.39 Å². The highest BCUT2D eigenvalue weighted by molar-refractivity contribution is 6.31. The first-order valence-electron chi connectivity index (χ1n) is 7.89. The molecule has 0 saturated heterocycles. The van der Waals surface area contributed by atoms with Crippen LogP contribution in [-0.4, -0.2) is 14.8 Å². The molecule has 0 spiro atoms. The number of fused-ring (bicyclic) bond motifs is 4. The van der Waals surface area contributed by atoms with Crippen molar-refractivity contribution in [3.8, 4) is 11.1 Å². The van der Waals surface area contributed by atoms with Crippen LogP contribution in [0.25, 0.3) is 44.2 Å². The molecule has 2 aromatic carbocycles. The van der Waals surface area contributed by atoms with Crippen molar-refractivity contribution in [3.05, 3.63) is 63.7 Å². The number of hydrogen-bond donors (Lipinski definition) is 1. The van der Waals surface area contributed by atoms with E-state index in [-0.39, 0.29) is 10.5 Å². The summed E-state index contributed by atoms with van der Waals surface area (Å²) in [5, 5.41) is 4.67. The third-order valence-electron chi connectivity index (χ3n) is 4.52. The first-order valence-corrected chi connectivity index (χ1v) is 8.26. The quantitative estimate of drug-likeness (QED) is 0.470. The highest BCUT2D eigenvalue weighted by atomic mass is 35.5. The Morgan fingerprint density at radius 1 is 1.19 bits per heavy atom. The molecule has 26 heavy (non-hydrogen) atoms. The van der Waals surface area contributed by atoms with Gasteiger partial charge in [-0.25, -0.2) is 9.37 Å². The van der Waals surface area contributed by atoms with Gasteiger partial charge in [0.2, 0.25) is 0 Å². The topological polar surface area (TPSA) is 63.8 Å². The summed E-state index contributed by atoms with van der Waals surface area (Å²) in [7, 11) is 1.85. The second kappa shape index (κ2) is 5.19. The minimum absolute atomic E-state index is 0.0264. The fraction of sp³-hybridized carbons (Fsp3) is 0.0526. The minimum Gasteiger partial charge on any atom is -0.454 e. The third kappa shape index (κ3) is 2.02. The van der Waals surface area contributed by atoms with Crippen molar-refractivity contribution in [1.29, 1.82) is 0 Å². The summed E-state index contributed by atoms with van der Waals surface area (Å²) in [6.45, 7) is 0. The Morgan fingerprint density at radius 2 is 2.04 bits per heavy atom. The molecule has 5 rings (SSSR count). The molecule has 5 aromatic rings. The lowest BCUT2D eigenvalue weighted by Crippen LogP contribution is -1.94. The second-order valence-corrected chi connectivity index (χ2v) is 6.53. The van der Waals surface area contributed by atoms with Crippen molar-refractivity contribution in [2.75, 3.05) is 0 Å². The molecular formula is C19H11ClFN3O2. The van der Waals surface area contributed by atoms with Crippen LogP contribution in [0.1, 0.15) is 0 Å². The lowest BCUT2D eigenvalue weighted by molar-refractivity contribution is 0.628. The molecule has 3 heterocycles. The molecule has 7 heteroatoms. The van der Waals surface area contributed by atoms with Gasteiger partial charge < -0.3 is 9.52 Å². The average molecular weight is 368 g/mol. The van der Waals surface area contributed by atoms with Gasteiger partial charge in [-0.1, -0.05) is 17.7 Å². The van der Waals surface area contributed by atoms with Gasteiger partial charge >= 0.3 is 0 Å². The average Bonchev–Trinajstić information content (AvgIpc) is 3.16. The Bertz CT molecular complexity index is 1400. The van der Waals surface area contributed by atoms with Crippen LogP contribution in [0.5, 0.6) is 0 Å². The molecule has 0 radical (unpaired) electrons. The fourth-order valence-corrected chi connectivity index (χ4v) is 3.48. The summed E-state index contributed by atoms with van der Waals surface area (Å²) in [4.78, 5) is 16.4. The van der Waals surface area contributed by atoms with E-state index in [4.69, 9.17) is 21.0 Å². The van der Waals surface area contributed by atoms with Gasteiger partial charge in [0.25, 0.3) is 0 Å². The number of nitrogens with one attached hydrogen (secondary N) is 1. The largest absolute Gasteiger partial charge is 0.454 e. The number of pyridine rings is 1. The van der Waals surface area contributed by atoms with Gasteiger partial charge in [0, 0.05) is 35.6 Å². The number of halogens is 2. The van der Waals surface area contributed by atoms with Crippen molar-refractivity contribution < 1.29 is 8.81 Å². The Morgan fingerprint density at radius 3 is 2.85 bits per heavy atom. The van der Waals surface area contributed by atoms with E-state index in [0.29, 0.717) is 27.9 Å². The van der Waals surface area contributed by atoms with Crippen molar-refractivity contribution in [3.63, 3.8) is 0 Å². The van der Waals surface area contributed by atoms with E-state index in [1.54, 1.807) is 29.1 Å². The zero-order chi connectivity index (χ0) is 18.0. The maximum absolute atomic E-state index is 13.6. The molecule has 0 atom stereocenters. The maximum atomic E-state index is 13.6. The molecular weight excluding hydrogens is 357 g/mol. The number of H-pyrrole nitrogens is 1. The van der Waals surface area contributed by atoms with Gasteiger partial charge in [-0.05, 0) is 29.8 Å². The van der Waals surface area contributed by atoms with E-state index >= 15 is 0 Å². The van der Waals surface area contributed by atoms with E-state index < -0.39 is 5.82 Å². The predicted octanol–water partition coefficient (Wildman–Crippen LogP) is 4.62. The lowest BCUT2D eigenvalue weighted by Gasteiger charge is -2.06. The Kier molecular flexibility index (Phi) is 3.02. The van der Waals surface area contributed by atoms with Gasteiger partial charge in [0.1, 0.15) is 16.9 Å². The number of furan rings is 1. The van der Waals surface area contributed by atoms with Gasteiger partial charge in [0.05, 0.1) is 5.02 Å². The monoisotopic (exact) mass is 367 g/mol. The Hall–Kier alpha value is -3.12. The van der Waals surface area contributed by atoms with Crippen molar-refractivity contribution >= 4 is 44.7 Å². The van der Waals surface area contributed by atoms with Crippen molar-refractivity contribution in [2.45, 2.75) is 0 Å². The number of rotatable bonds is 1. The van der Waals surface area contributed by atoms with Gasteiger partial charge in [-0.3, -0.25) is 9.48 Å². The summed E-state index contributed by atoms with van der Waals surface area (Å²) >= 11 is 6.00. The van der Waals surface area contributed by atoms with E-state index in [2.05, 4.69) is 5.10 Å². The van der Waals surface area contributed by atoms with Crippen molar-refractivity contribution in [1.82, 2.24) is 14.8 Å². The molecule has 0 fully saturated rings. The van der Waals surface area contributed by atoms with Crippen molar-refractivity contribution in [2.24, 2.45) is 7.05 Å². The molecule has 0 saturated carbocycles.